The Morgan fingerprint density at radius 1 is 1.42 bits per heavy atom. The molecule has 3 rings (SSSR count). The first-order valence-electron chi connectivity index (χ1n) is 6.86. The maximum Gasteiger partial charge on any atom is 0.122 e. The van der Waals surface area contributed by atoms with Crippen LogP contribution in [0.1, 0.15) is 29.9 Å². The first-order chi connectivity index (χ1) is 8.85. The summed E-state index contributed by atoms with van der Waals surface area (Å²) in [4.78, 5) is 2.58. The van der Waals surface area contributed by atoms with Crippen LogP contribution in [-0.4, -0.2) is 31.1 Å². The molecule has 2 aliphatic rings. The van der Waals surface area contributed by atoms with Gasteiger partial charge in [0.05, 0.1) is 7.11 Å². The zero-order valence-corrected chi connectivity index (χ0v) is 12.3. The second-order valence-corrected chi connectivity index (χ2v) is 5.31. The third kappa shape index (κ3) is 2.39. The van der Waals surface area contributed by atoms with Crippen LogP contribution in [-0.2, 0) is 6.42 Å². The van der Waals surface area contributed by atoms with E-state index in [9.17, 15) is 0 Å². The molecule has 2 atom stereocenters. The van der Waals surface area contributed by atoms with Gasteiger partial charge in [0.15, 0.2) is 0 Å². The lowest BCUT2D eigenvalue weighted by Crippen LogP contribution is -2.35. The number of rotatable bonds is 3. The molecule has 1 aromatic rings. The molecule has 0 amide bonds. The van der Waals surface area contributed by atoms with Crippen LogP contribution in [0.5, 0.6) is 5.75 Å². The number of halogens is 1. The van der Waals surface area contributed by atoms with Crippen LogP contribution in [0.15, 0.2) is 30.9 Å². The van der Waals surface area contributed by atoms with Crippen molar-refractivity contribution in [2.24, 2.45) is 0 Å². The molecule has 2 unspecified atom stereocenters. The Balaban J connectivity index is 0.00000133. The average Bonchev–Trinajstić information content (AvgIpc) is 2.82. The van der Waals surface area contributed by atoms with E-state index >= 15 is 0 Å². The zero-order chi connectivity index (χ0) is 12.5. The number of hydrogen-bond acceptors (Lipinski definition) is 2. The van der Waals surface area contributed by atoms with Gasteiger partial charge in [-0.05, 0) is 43.0 Å². The Kier molecular flexibility index (Phi) is 4.54. The van der Waals surface area contributed by atoms with Crippen molar-refractivity contribution in [2.75, 3.05) is 20.2 Å². The molecule has 3 heteroatoms. The van der Waals surface area contributed by atoms with Gasteiger partial charge in [0.1, 0.15) is 5.75 Å². The summed E-state index contributed by atoms with van der Waals surface area (Å²) in [5.41, 5.74) is 2.97. The van der Waals surface area contributed by atoms with Gasteiger partial charge in [-0.1, -0.05) is 18.2 Å². The number of methoxy groups -OCH3 is 1. The maximum absolute atomic E-state index is 5.51. The van der Waals surface area contributed by atoms with Crippen molar-refractivity contribution in [3.05, 3.63) is 42.0 Å². The molecular formula is C16H22ClNO. The van der Waals surface area contributed by atoms with Crippen molar-refractivity contribution in [2.45, 2.75) is 31.2 Å². The van der Waals surface area contributed by atoms with Gasteiger partial charge >= 0.3 is 0 Å². The molecule has 0 saturated carbocycles. The minimum Gasteiger partial charge on any atom is -0.496 e. The number of ether oxygens (including phenoxy) is 1. The molecule has 2 nitrogen and oxygen atoms in total. The molecule has 104 valence electrons. The summed E-state index contributed by atoms with van der Waals surface area (Å²) >= 11 is 0. The number of fused-ring (bicyclic) bond motifs is 3. The van der Waals surface area contributed by atoms with Gasteiger partial charge in [0.25, 0.3) is 0 Å². The second kappa shape index (κ2) is 5.98. The summed E-state index contributed by atoms with van der Waals surface area (Å²) in [6.45, 7) is 6.11. The highest BCUT2D eigenvalue weighted by Crippen LogP contribution is 2.43. The minimum atomic E-state index is 0. The summed E-state index contributed by atoms with van der Waals surface area (Å²) in [5, 5.41) is 0. The predicted molar refractivity (Wildman–Crippen MR) is 81.5 cm³/mol. The monoisotopic (exact) mass is 279 g/mol. The fourth-order valence-corrected chi connectivity index (χ4v) is 3.74. The van der Waals surface area contributed by atoms with Crippen LogP contribution >= 0.6 is 12.4 Å². The first-order valence-corrected chi connectivity index (χ1v) is 6.86. The van der Waals surface area contributed by atoms with Gasteiger partial charge in [-0.3, -0.25) is 4.90 Å². The van der Waals surface area contributed by atoms with Gasteiger partial charge in [-0.25, -0.2) is 0 Å². The van der Waals surface area contributed by atoms with E-state index in [-0.39, 0.29) is 12.4 Å². The highest BCUT2D eigenvalue weighted by molar-refractivity contribution is 5.85. The Morgan fingerprint density at radius 3 is 3.00 bits per heavy atom. The van der Waals surface area contributed by atoms with E-state index in [0.29, 0.717) is 12.0 Å². The molecule has 1 aliphatic carbocycles. The molecular weight excluding hydrogens is 258 g/mol. The van der Waals surface area contributed by atoms with Gasteiger partial charge in [-0.15, -0.1) is 19.0 Å². The van der Waals surface area contributed by atoms with Crippen molar-refractivity contribution in [3.8, 4) is 5.75 Å². The van der Waals surface area contributed by atoms with E-state index in [1.54, 1.807) is 7.11 Å². The van der Waals surface area contributed by atoms with Crippen LogP contribution in [0.3, 0.4) is 0 Å². The lowest BCUT2D eigenvalue weighted by molar-refractivity contribution is 0.248. The Bertz CT molecular complexity index is 460. The molecule has 0 radical (unpaired) electrons. The summed E-state index contributed by atoms with van der Waals surface area (Å²) < 4.78 is 5.51. The third-order valence-electron chi connectivity index (χ3n) is 4.50. The molecule has 0 N–H and O–H groups in total. The van der Waals surface area contributed by atoms with Crippen molar-refractivity contribution >= 4 is 12.4 Å². The molecule has 0 aromatic heterocycles. The van der Waals surface area contributed by atoms with E-state index < -0.39 is 0 Å². The number of nitrogens with zero attached hydrogens (tertiary/aromatic N) is 1. The minimum absolute atomic E-state index is 0. The van der Waals surface area contributed by atoms with Crippen LogP contribution < -0.4 is 4.74 Å². The lowest BCUT2D eigenvalue weighted by Gasteiger charge is -2.33. The zero-order valence-electron chi connectivity index (χ0n) is 11.5. The highest BCUT2D eigenvalue weighted by Gasteiger charge is 2.38. The quantitative estimate of drug-likeness (QED) is 0.786. The molecule has 1 aliphatic heterocycles. The highest BCUT2D eigenvalue weighted by atomic mass is 35.5. The molecule has 1 saturated heterocycles. The van der Waals surface area contributed by atoms with Crippen molar-refractivity contribution in [3.63, 3.8) is 0 Å². The Morgan fingerprint density at radius 2 is 2.26 bits per heavy atom. The first kappa shape index (κ1) is 14.4. The summed E-state index contributed by atoms with van der Waals surface area (Å²) in [6, 6.07) is 7.24. The fourth-order valence-electron chi connectivity index (χ4n) is 3.74. The predicted octanol–water partition coefficient (Wildman–Crippen LogP) is 3.41. The third-order valence-corrected chi connectivity index (χ3v) is 4.50. The van der Waals surface area contributed by atoms with Gasteiger partial charge < -0.3 is 4.74 Å². The molecule has 1 heterocycles. The molecule has 1 aromatic carbocycles. The van der Waals surface area contributed by atoms with E-state index in [1.807, 2.05) is 6.08 Å². The van der Waals surface area contributed by atoms with E-state index in [2.05, 4.69) is 29.7 Å². The van der Waals surface area contributed by atoms with Crippen LogP contribution in [0, 0.1) is 0 Å². The Hall–Kier alpha value is -0.990. The van der Waals surface area contributed by atoms with Gasteiger partial charge in [0, 0.05) is 18.5 Å². The second-order valence-electron chi connectivity index (χ2n) is 5.31. The van der Waals surface area contributed by atoms with Gasteiger partial charge in [-0.2, -0.15) is 0 Å². The number of benzene rings is 1. The number of likely N-dealkylation sites (tertiary alicyclic amines) is 1. The summed E-state index contributed by atoms with van der Waals surface area (Å²) in [5.74, 6) is 1.77. The van der Waals surface area contributed by atoms with Crippen molar-refractivity contribution in [1.82, 2.24) is 4.90 Å². The SMILES string of the molecule is C=CCN1CCC2c3cccc(OC)c3CCC21.Cl. The standard InChI is InChI=1S/C16H21NO.ClH/c1-3-10-17-11-9-13-12-5-4-6-16(18-2)14(12)7-8-15(13)17;/h3-6,13,15H,1,7-11H2,2H3;1H. The van der Waals surface area contributed by atoms with Gasteiger partial charge in [0.2, 0.25) is 0 Å². The van der Waals surface area contributed by atoms with E-state index in [1.165, 1.54) is 30.5 Å². The smallest absolute Gasteiger partial charge is 0.122 e. The molecule has 0 bridgehead atoms. The van der Waals surface area contributed by atoms with Crippen LogP contribution in [0.25, 0.3) is 0 Å². The average molecular weight is 280 g/mol. The summed E-state index contributed by atoms with van der Waals surface area (Å²) in [7, 11) is 1.78. The molecule has 19 heavy (non-hydrogen) atoms. The fraction of sp³-hybridized carbons (Fsp3) is 0.500. The lowest BCUT2D eigenvalue weighted by atomic mass is 9.79. The van der Waals surface area contributed by atoms with Crippen molar-refractivity contribution < 1.29 is 4.74 Å². The topological polar surface area (TPSA) is 12.5 Å². The summed E-state index contributed by atoms with van der Waals surface area (Å²) in [6.07, 6.45) is 5.71. The molecule has 0 spiro atoms. The molecule has 1 fully saturated rings. The Labute approximate surface area is 121 Å². The van der Waals surface area contributed by atoms with Crippen LogP contribution in [0.2, 0.25) is 0 Å². The van der Waals surface area contributed by atoms with Crippen LogP contribution in [0.4, 0.5) is 0 Å². The maximum atomic E-state index is 5.51. The normalized spacial score (nSPS) is 25.1. The van der Waals surface area contributed by atoms with E-state index in [4.69, 9.17) is 4.74 Å². The van der Waals surface area contributed by atoms with Crippen molar-refractivity contribution in [1.29, 1.82) is 0 Å². The largest absolute Gasteiger partial charge is 0.496 e. The number of hydrogen-bond donors (Lipinski definition) is 0. The van der Waals surface area contributed by atoms with E-state index in [0.717, 1.165) is 18.7 Å².